The standard InChI is InChI=1S/C13H11N3O2S3/c17-21(18,12-4-2-8-20-12)16-9-10-13(15-6-5-14-10)11-3-1-7-19-11/h1-8,16H,9H2. The van der Waals surface area contributed by atoms with Crippen molar-refractivity contribution in [2.75, 3.05) is 0 Å². The second-order valence-corrected chi connectivity index (χ2v) is 7.97. The number of sulfonamides is 1. The van der Waals surface area contributed by atoms with Crippen LogP contribution in [0.15, 0.2) is 51.6 Å². The molecule has 8 heteroatoms. The van der Waals surface area contributed by atoms with Gasteiger partial charge < -0.3 is 0 Å². The van der Waals surface area contributed by atoms with Crippen molar-refractivity contribution in [1.82, 2.24) is 14.7 Å². The summed E-state index contributed by atoms with van der Waals surface area (Å²) < 4.78 is 27.1. The third kappa shape index (κ3) is 3.18. The second kappa shape index (κ2) is 6.02. The predicted octanol–water partition coefficient (Wildman–Crippen LogP) is 2.75. The SMILES string of the molecule is O=S(=O)(NCc1nccnc1-c1cccs1)c1cccs1. The zero-order chi connectivity index (χ0) is 14.7. The lowest BCUT2D eigenvalue weighted by Crippen LogP contribution is -2.23. The van der Waals surface area contributed by atoms with Crippen LogP contribution >= 0.6 is 22.7 Å². The minimum Gasteiger partial charge on any atom is -0.256 e. The molecule has 0 spiro atoms. The maximum absolute atomic E-state index is 12.1. The Balaban J connectivity index is 1.84. The summed E-state index contributed by atoms with van der Waals surface area (Å²) in [6.45, 7) is 0.112. The van der Waals surface area contributed by atoms with E-state index in [1.807, 2.05) is 17.5 Å². The Morgan fingerprint density at radius 2 is 1.81 bits per heavy atom. The van der Waals surface area contributed by atoms with Crippen molar-refractivity contribution in [1.29, 1.82) is 0 Å². The molecule has 0 radical (unpaired) electrons. The van der Waals surface area contributed by atoms with Crippen LogP contribution in [0.5, 0.6) is 0 Å². The molecule has 0 atom stereocenters. The average molecular weight is 337 g/mol. The van der Waals surface area contributed by atoms with Gasteiger partial charge in [-0.2, -0.15) is 0 Å². The fraction of sp³-hybridized carbons (Fsp3) is 0.0769. The fourth-order valence-corrected chi connectivity index (χ4v) is 4.53. The molecule has 3 aromatic rings. The van der Waals surface area contributed by atoms with E-state index < -0.39 is 10.0 Å². The van der Waals surface area contributed by atoms with Gasteiger partial charge in [0.25, 0.3) is 0 Å². The van der Waals surface area contributed by atoms with E-state index >= 15 is 0 Å². The number of aromatic nitrogens is 2. The van der Waals surface area contributed by atoms with Crippen LogP contribution in [0, 0.1) is 0 Å². The molecule has 1 N–H and O–H groups in total. The van der Waals surface area contributed by atoms with Gasteiger partial charge in [0.05, 0.1) is 17.1 Å². The summed E-state index contributed by atoms with van der Waals surface area (Å²) >= 11 is 2.73. The van der Waals surface area contributed by atoms with Gasteiger partial charge in [-0.05, 0) is 22.9 Å². The minimum absolute atomic E-state index is 0.112. The average Bonchev–Trinajstić information content (AvgIpc) is 3.18. The molecule has 3 heterocycles. The molecule has 0 amide bonds. The third-order valence-electron chi connectivity index (χ3n) is 2.72. The smallest absolute Gasteiger partial charge is 0.250 e. The van der Waals surface area contributed by atoms with E-state index in [9.17, 15) is 8.42 Å². The topological polar surface area (TPSA) is 72.0 Å². The lowest BCUT2D eigenvalue weighted by molar-refractivity contribution is 0.582. The Hall–Kier alpha value is -1.61. The Morgan fingerprint density at radius 1 is 1.05 bits per heavy atom. The van der Waals surface area contributed by atoms with E-state index in [1.165, 1.54) is 11.3 Å². The van der Waals surface area contributed by atoms with Gasteiger partial charge in [-0.3, -0.25) is 9.97 Å². The highest BCUT2D eigenvalue weighted by molar-refractivity contribution is 7.91. The zero-order valence-corrected chi connectivity index (χ0v) is 13.2. The van der Waals surface area contributed by atoms with E-state index in [2.05, 4.69) is 14.7 Å². The Bertz CT molecular complexity index is 812. The molecule has 0 unspecified atom stereocenters. The number of rotatable bonds is 5. The highest BCUT2D eigenvalue weighted by Crippen LogP contribution is 2.25. The van der Waals surface area contributed by atoms with Crippen LogP contribution in [-0.2, 0) is 16.6 Å². The van der Waals surface area contributed by atoms with Gasteiger partial charge in [0, 0.05) is 12.4 Å². The largest absolute Gasteiger partial charge is 0.256 e. The van der Waals surface area contributed by atoms with Gasteiger partial charge in [-0.25, -0.2) is 13.1 Å². The Labute approximate surface area is 130 Å². The zero-order valence-electron chi connectivity index (χ0n) is 10.8. The van der Waals surface area contributed by atoms with Crippen LogP contribution in [0.1, 0.15) is 5.69 Å². The van der Waals surface area contributed by atoms with Crippen molar-refractivity contribution in [2.24, 2.45) is 0 Å². The van der Waals surface area contributed by atoms with Gasteiger partial charge >= 0.3 is 0 Å². The molecule has 3 rings (SSSR count). The van der Waals surface area contributed by atoms with E-state index in [-0.39, 0.29) is 6.54 Å². The van der Waals surface area contributed by atoms with Gasteiger partial charge in [0.15, 0.2) is 0 Å². The highest BCUT2D eigenvalue weighted by atomic mass is 32.2. The summed E-state index contributed by atoms with van der Waals surface area (Å²) in [5.74, 6) is 0. The van der Waals surface area contributed by atoms with E-state index in [4.69, 9.17) is 0 Å². The van der Waals surface area contributed by atoms with Crippen molar-refractivity contribution in [2.45, 2.75) is 10.8 Å². The Kier molecular flexibility index (Phi) is 4.11. The van der Waals surface area contributed by atoms with Gasteiger partial charge in [0.1, 0.15) is 9.90 Å². The third-order valence-corrected chi connectivity index (χ3v) is 6.39. The van der Waals surface area contributed by atoms with Crippen LogP contribution < -0.4 is 4.72 Å². The maximum Gasteiger partial charge on any atom is 0.250 e. The van der Waals surface area contributed by atoms with Gasteiger partial charge in [-0.15, -0.1) is 22.7 Å². The summed E-state index contributed by atoms with van der Waals surface area (Å²) in [5, 5.41) is 3.68. The first-order valence-corrected chi connectivity index (χ1v) is 9.28. The molecule has 21 heavy (non-hydrogen) atoms. The first-order chi connectivity index (χ1) is 10.2. The second-order valence-electron chi connectivity index (χ2n) is 4.09. The molecule has 0 saturated carbocycles. The molecule has 0 fully saturated rings. The lowest BCUT2D eigenvalue weighted by Gasteiger charge is -2.07. The monoisotopic (exact) mass is 337 g/mol. The quantitative estimate of drug-likeness (QED) is 0.777. The van der Waals surface area contributed by atoms with Crippen LogP contribution in [0.2, 0.25) is 0 Å². The number of thiophene rings is 2. The summed E-state index contributed by atoms with van der Waals surface area (Å²) in [4.78, 5) is 9.51. The van der Waals surface area contributed by atoms with Gasteiger partial charge in [-0.1, -0.05) is 12.1 Å². The molecule has 0 aliphatic heterocycles. The number of nitrogens with zero attached hydrogens (tertiary/aromatic N) is 2. The number of hydrogen-bond donors (Lipinski definition) is 1. The van der Waals surface area contributed by atoms with E-state index in [0.717, 1.165) is 4.88 Å². The summed E-state index contributed by atoms with van der Waals surface area (Å²) in [7, 11) is -3.50. The molecular formula is C13H11N3O2S3. The van der Waals surface area contributed by atoms with Crippen molar-refractivity contribution in [3.63, 3.8) is 0 Å². The summed E-state index contributed by atoms with van der Waals surface area (Å²) in [6, 6.07) is 7.14. The van der Waals surface area contributed by atoms with Crippen LogP contribution in [-0.4, -0.2) is 18.4 Å². The number of nitrogens with one attached hydrogen (secondary N) is 1. The predicted molar refractivity (Wildman–Crippen MR) is 83.7 cm³/mol. The summed E-state index contributed by atoms with van der Waals surface area (Å²) in [5.41, 5.74) is 1.32. The molecule has 108 valence electrons. The normalized spacial score (nSPS) is 11.6. The molecule has 5 nitrogen and oxygen atoms in total. The fourth-order valence-electron chi connectivity index (χ4n) is 1.77. The molecule has 0 aliphatic rings. The summed E-state index contributed by atoms with van der Waals surface area (Å²) in [6.07, 6.45) is 3.16. The van der Waals surface area contributed by atoms with Crippen molar-refractivity contribution < 1.29 is 8.42 Å². The minimum atomic E-state index is -3.50. The van der Waals surface area contributed by atoms with Crippen LogP contribution in [0.3, 0.4) is 0 Å². The molecule has 0 bridgehead atoms. The van der Waals surface area contributed by atoms with Crippen LogP contribution in [0.25, 0.3) is 10.6 Å². The lowest BCUT2D eigenvalue weighted by atomic mass is 10.2. The molecule has 0 aliphatic carbocycles. The van der Waals surface area contributed by atoms with Crippen molar-refractivity contribution >= 4 is 32.7 Å². The first-order valence-electron chi connectivity index (χ1n) is 6.04. The molecule has 0 saturated heterocycles. The van der Waals surface area contributed by atoms with E-state index in [1.54, 1.807) is 41.2 Å². The number of hydrogen-bond acceptors (Lipinski definition) is 6. The van der Waals surface area contributed by atoms with E-state index in [0.29, 0.717) is 15.6 Å². The molecular weight excluding hydrogens is 326 g/mol. The van der Waals surface area contributed by atoms with Crippen molar-refractivity contribution in [3.8, 4) is 10.6 Å². The molecule has 3 aromatic heterocycles. The first kappa shape index (κ1) is 14.3. The highest BCUT2D eigenvalue weighted by Gasteiger charge is 2.17. The maximum atomic E-state index is 12.1. The Morgan fingerprint density at radius 3 is 2.52 bits per heavy atom. The van der Waals surface area contributed by atoms with Crippen molar-refractivity contribution in [3.05, 3.63) is 53.1 Å². The van der Waals surface area contributed by atoms with Gasteiger partial charge in [0.2, 0.25) is 10.0 Å². The van der Waals surface area contributed by atoms with Crippen LogP contribution in [0.4, 0.5) is 0 Å². The molecule has 0 aromatic carbocycles.